The maximum Gasteiger partial charge on any atom is 0.232 e. The second kappa shape index (κ2) is 10.1. The summed E-state index contributed by atoms with van der Waals surface area (Å²) in [6.45, 7) is 10.4. The molecule has 30 heavy (non-hydrogen) atoms. The third-order valence-corrected chi connectivity index (χ3v) is 6.65. The summed E-state index contributed by atoms with van der Waals surface area (Å²) >= 11 is 5.52. The van der Waals surface area contributed by atoms with Crippen molar-refractivity contribution in [1.29, 1.82) is 0 Å². The van der Waals surface area contributed by atoms with Gasteiger partial charge in [0.1, 0.15) is 11.6 Å². The van der Waals surface area contributed by atoms with Crippen LogP contribution in [0.1, 0.15) is 52.4 Å². The Balaban J connectivity index is 1.49. The Labute approximate surface area is 186 Å². The highest BCUT2D eigenvalue weighted by Gasteiger charge is 2.23. The van der Waals surface area contributed by atoms with Crippen molar-refractivity contribution < 1.29 is 4.74 Å². The lowest BCUT2D eigenvalue weighted by Crippen LogP contribution is -2.38. The maximum atomic E-state index is 5.68. The molecule has 166 valence electrons. The molecule has 4 heterocycles. The highest BCUT2D eigenvalue weighted by atomic mass is 32.1. The van der Waals surface area contributed by atoms with E-state index in [2.05, 4.69) is 40.3 Å². The van der Waals surface area contributed by atoms with E-state index in [0.717, 1.165) is 63.8 Å². The Morgan fingerprint density at radius 1 is 1.03 bits per heavy atom. The number of aromatic nitrogens is 2. The molecule has 0 aliphatic carbocycles. The highest BCUT2D eigenvalue weighted by molar-refractivity contribution is 7.80. The molecule has 0 aromatic carbocycles. The first kappa shape index (κ1) is 21.6. The van der Waals surface area contributed by atoms with Crippen LogP contribution in [0.4, 0.5) is 17.6 Å². The summed E-state index contributed by atoms with van der Waals surface area (Å²) in [5.74, 6) is 3.99. The van der Waals surface area contributed by atoms with E-state index in [-0.39, 0.29) is 6.10 Å². The van der Waals surface area contributed by atoms with Gasteiger partial charge in [0.15, 0.2) is 5.11 Å². The molecule has 0 saturated carbocycles. The largest absolute Gasteiger partial charge is 0.376 e. The van der Waals surface area contributed by atoms with Crippen molar-refractivity contribution in [2.45, 2.75) is 58.5 Å². The molecule has 0 bridgehead atoms. The standard InChI is InChI=1S/C22H36N6OS/c1-16-6-3-9-27(14-16)19-12-20(28-10-4-7-17(2)15-28)25-21(24-19)26-22(30)23-13-18-8-5-11-29-18/h12,16-18H,3-11,13-15H2,1-2H3,(H2,23,24,25,26,30)/t16-,17+,18-/m0/s1. The SMILES string of the molecule is C[C@@H]1CCCN(c2cc(N3CCC[C@H](C)C3)nc(NC(=S)NC[C@@H]3CCCO3)n2)C1. The molecule has 0 radical (unpaired) electrons. The monoisotopic (exact) mass is 432 g/mol. The number of rotatable bonds is 5. The van der Waals surface area contributed by atoms with E-state index < -0.39 is 0 Å². The summed E-state index contributed by atoms with van der Waals surface area (Å²) in [5, 5.41) is 7.07. The van der Waals surface area contributed by atoms with Crippen LogP contribution < -0.4 is 20.4 Å². The Morgan fingerprint density at radius 3 is 2.20 bits per heavy atom. The van der Waals surface area contributed by atoms with E-state index in [9.17, 15) is 0 Å². The minimum Gasteiger partial charge on any atom is -0.376 e. The van der Waals surface area contributed by atoms with Gasteiger partial charge in [-0.15, -0.1) is 0 Å². The van der Waals surface area contributed by atoms with Crippen molar-refractivity contribution in [1.82, 2.24) is 15.3 Å². The number of nitrogens with zero attached hydrogens (tertiary/aromatic N) is 4. The summed E-state index contributed by atoms with van der Waals surface area (Å²) in [6, 6.07) is 2.17. The molecule has 4 rings (SSSR count). The van der Waals surface area contributed by atoms with Crippen LogP contribution >= 0.6 is 12.2 Å². The van der Waals surface area contributed by atoms with Crippen LogP contribution in [0.2, 0.25) is 0 Å². The molecule has 7 nitrogen and oxygen atoms in total. The van der Waals surface area contributed by atoms with Gasteiger partial charge in [0.25, 0.3) is 0 Å². The van der Waals surface area contributed by atoms with Crippen LogP contribution in [0.15, 0.2) is 6.07 Å². The zero-order valence-electron chi connectivity index (χ0n) is 18.4. The zero-order chi connectivity index (χ0) is 20.9. The van der Waals surface area contributed by atoms with Crippen LogP contribution in [0.3, 0.4) is 0 Å². The number of thiocarbonyl (C=S) groups is 1. The first-order chi connectivity index (χ1) is 14.6. The van der Waals surface area contributed by atoms with Crippen molar-refractivity contribution in [2.24, 2.45) is 11.8 Å². The van der Waals surface area contributed by atoms with E-state index >= 15 is 0 Å². The molecule has 2 N–H and O–H groups in total. The topological polar surface area (TPSA) is 65.5 Å². The Morgan fingerprint density at radius 2 is 1.67 bits per heavy atom. The molecule has 0 unspecified atom stereocenters. The molecule has 3 aliphatic rings. The molecule has 0 spiro atoms. The quantitative estimate of drug-likeness (QED) is 0.686. The molecule has 3 fully saturated rings. The summed E-state index contributed by atoms with van der Waals surface area (Å²) in [6.07, 6.45) is 7.48. The third-order valence-electron chi connectivity index (χ3n) is 6.40. The normalized spacial score (nSPS) is 27.2. The number of piperidine rings is 2. The van der Waals surface area contributed by atoms with Crippen molar-refractivity contribution in [3.63, 3.8) is 0 Å². The fourth-order valence-corrected chi connectivity index (χ4v) is 4.93. The van der Waals surface area contributed by atoms with Crippen LogP contribution in [0.25, 0.3) is 0 Å². The summed E-state index contributed by atoms with van der Waals surface area (Å²) in [4.78, 5) is 14.5. The van der Waals surface area contributed by atoms with Gasteiger partial charge in [-0.05, 0) is 62.6 Å². The van der Waals surface area contributed by atoms with Crippen LogP contribution in [-0.2, 0) is 4.74 Å². The van der Waals surface area contributed by atoms with Crippen molar-refractivity contribution in [2.75, 3.05) is 54.4 Å². The smallest absolute Gasteiger partial charge is 0.232 e. The predicted octanol–water partition coefficient (Wildman–Crippen LogP) is 3.41. The van der Waals surface area contributed by atoms with Gasteiger partial charge in [0, 0.05) is 45.4 Å². The first-order valence-corrected chi connectivity index (χ1v) is 12.0. The second-order valence-electron chi connectivity index (χ2n) is 9.26. The molecule has 1 aromatic heterocycles. The van der Waals surface area contributed by atoms with Crippen molar-refractivity contribution in [3.05, 3.63) is 6.07 Å². The lowest BCUT2D eigenvalue weighted by atomic mass is 10.00. The van der Waals surface area contributed by atoms with Crippen LogP contribution in [0.5, 0.6) is 0 Å². The first-order valence-electron chi connectivity index (χ1n) is 11.6. The second-order valence-corrected chi connectivity index (χ2v) is 9.67. The molecule has 0 amide bonds. The lowest BCUT2D eigenvalue weighted by Gasteiger charge is -2.35. The lowest BCUT2D eigenvalue weighted by molar-refractivity contribution is 0.114. The third kappa shape index (κ3) is 5.72. The molecule has 8 heteroatoms. The number of nitrogens with one attached hydrogen (secondary N) is 2. The van der Waals surface area contributed by atoms with Gasteiger partial charge in [-0.25, -0.2) is 0 Å². The molecular weight excluding hydrogens is 396 g/mol. The zero-order valence-corrected chi connectivity index (χ0v) is 19.2. The number of ether oxygens (including phenoxy) is 1. The van der Waals surface area contributed by atoms with Gasteiger partial charge in [0.2, 0.25) is 5.95 Å². The maximum absolute atomic E-state index is 5.68. The Bertz CT molecular complexity index is 685. The van der Waals surface area contributed by atoms with E-state index in [0.29, 0.717) is 22.9 Å². The highest BCUT2D eigenvalue weighted by Crippen LogP contribution is 2.28. The molecule has 3 aliphatic heterocycles. The fraction of sp³-hybridized carbons (Fsp3) is 0.773. The summed E-state index contributed by atoms with van der Waals surface area (Å²) in [7, 11) is 0. The predicted molar refractivity (Wildman–Crippen MR) is 126 cm³/mol. The summed E-state index contributed by atoms with van der Waals surface area (Å²) < 4.78 is 5.68. The van der Waals surface area contributed by atoms with E-state index in [1.807, 2.05) is 0 Å². The minimum absolute atomic E-state index is 0.247. The fourth-order valence-electron chi connectivity index (χ4n) is 4.75. The van der Waals surface area contributed by atoms with Gasteiger partial charge in [-0.3, -0.25) is 0 Å². The Hall–Kier alpha value is -1.67. The van der Waals surface area contributed by atoms with Crippen LogP contribution in [-0.4, -0.2) is 60.5 Å². The molecule has 1 aromatic rings. The van der Waals surface area contributed by atoms with Gasteiger partial charge in [0.05, 0.1) is 6.10 Å². The van der Waals surface area contributed by atoms with Gasteiger partial charge in [-0.1, -0.05) is 13.8 Å². The number of anilines is 3. The van der Waals surface area contributed by atoms with Crippen molar-refractivity contribution >= 4 is 34.9 Å². The van der Waals surface area contributed by atoms with Gasteiger partial charge < -0.3 is 25.2 Å². The van der Waals surface area contributed by atoms with Crippen LogP contribution in [0, 0.1) is 11.8 Å². The molecular formula is C22H36N6OS. The minimum atomic E-state index is 0.247. The van der Waals surface area contributed by atoms with E-state index in [4.69, 9.17) is 26.9 Å². The van der Waals surface area contributed by atoms with Gasteiger partial charge in [-0.2, -0.15) is 9.97 Å². The number of hydrogen-bond donors (Lipinski definition) is 2. The van der Waals surface area contributed by atoms with E-state index in [1.54, 1.807) is 0 Å². The van der Waals surface area contributed by atoms with Crippen molar-refractivity contribution in [3.8, 4) is 0 Å². The molecule has 3 atom stereocenters. The average molecular weight is 433 g/mol. The average Bonchev–Trinajstić information content (AvgIpc) is 3.26. The molecule has 3 saturated heterocycles. The van der Waals surface area contributed by atoms with E-state index in [1.165, 1.54) is 25.7 Å². The van der Waals surface area contributed by atoms with Gasteiger partial charge >= 0.3 is 0 Å². The summed E-state index contributed by atoms with van der Waals surface area (Å²) in [5.41, 5.74) is 0. The Kier molecular flexibility index (Phi) is 7.25. The number of hydrogen-bond acceptors (Lipinski definition) is 6.